The van der Waals surface area contributed by atoms with Crippen molar-refractivity contribution in [1.82, 2.24) is 25.4 Å². The molecule has 4 heterocycles. The molecule has 0 bridgehead atoms. The van der Waals surface area contributed by atoms with Gasteiger partial charge in [-0.05, 0) is 43.2 Å². The molecule has 2 aromatic heterocycles. The molecule has 2 aromatic rings. The lowest BCUT2D eigenvalue weighted by molar-refractivity contribution is 0.462. The first-order chi connectivity index (χ1) is 13.3. The van der Waals surface area contributed by atoms with Gasteiger partial charge in [-0.2, -0.15) is 0 Å². The molecule has 154 valence electrons. The molecule has 9 heteroatoms. The summed E-state index contributed by atoms with van der Waals surface area (Å²) in [5.41, 5.74) is 0. The highest BCUT2D eigenvalue weighted by Crippen LogP contribution is 2.24. The molecule has 0 aromatic carbocycles. The minimum atomic E-state index is 0. The predicted molar refractivity (Wildman–Crippen MR) is 126 cm³/mol. The van der Waals surface area contributed by atoms with Crippen molar-refractivity contribution < 1.29 is 0 Å². The van der Waals surface area contributed by atoms with Crippen LogP contribution in [0.4, 0.5) is 5.00 Å². The van der Waals surface area contributed by atoms with Crippen LogP contribution in [0.5, 0.6) is 0 Å². The van der Waals surface area contributed by atoms with Gasteiger partial charge in [-0.15, -0.1) is 45.5 Å². The van der Waals surface area contributed by atoms with Crippen LogP contribution >= 0.6 is 35.3 Å². The first kappa shape index (κ1) is 21.4. The van der Waals surface area contributed by atoms with Gasteiger partial charge in [0.05, 0.1) is 11.5 Å². The van der Waals surface area contributed by atoms with Crippen LogP contribution in [0.15, 0.2) is 22.5 Å². The molecule has 28 heavy (non-hydrogen) atoms. The molecule has 0 atom stereocenters. The summed E-state index contributed by atoms with van der Waals surface area (Å²) in [5.74, 6) is 3.01. The Kier molecular flexibility index (Phi) is 7.95. The molecule has 2 N–H and O–H groups in total. The Morgan fingerprint density at radius 2 is 2.07 bits per heavy atom. The zero-order valence-corrected chi connectivity index (χ0v) is 19.6. The van der Waals surface area contributed by atoms with Crippen LogP contribution in [0, 0.1) is 0 Å². The van der Waals surface area contributed by atoms with Gasteiger partial charge in [0.1, 0.15) is 5.82 Å². The van der Waals surface area contributed by atoms with Crippen LogP contribution in [-0.2, 0) is 19.5 Å². The minimum Gasteiger partial charge on any atom is -0.363 e. The summed E-state index contributed by atoms with van der Waals surface area (Å²) in [5, 5.41) is 19.3. The lowest BCUT2D eigenvalue weighted by Crippen LogP contribution is -2.48. The first-order valence-electron chi connectivity index (χ1n) is 10.00. The maximum absolute atomic E-state index is 4.41. The van der Waals surface area contributed by atoms with E-state index >= 15 is 0 Å². The molecule has 0 amide bonds. The summed E-state index contributed by atoms with van der Waals surface area (Å²) in [6, 6.07) is 4.80. The normalized spacial score (nSPS) is 18.2. The molecule has 1 saturated heterocycles. The van der Waals surface area contributed by atoms with Crippen molar-refractivity contribution in [1.29, 1.82) is 0 Å². The fourth-order valence-electron chi connectivity index (χ4n) is 3.92. The van der Waals surface area contributed by atoms with Crippen LogP contribution in [-0.4, -0.2) is 46.9 Å². The Hall–Kier alpha value is -1.36. The van der Waals surface area contributed by atoms with Crippen molar-refractivity contribution in [2.24, 2.45) is 4.99 Å². The number of anilines is 1. The van der Waals surface area contributed by atoms with E-state index in [0.29, 0.717) is 12.6 Å². The highest BCUT2D eigenvalue weighted by atomic mass is 127. The van der Waals surface area contributed by atoms with E-state index in [-0.39, 0.29) is 24.0 Å². The number of hydrogen-bond donors (Lipinski definition) is 2. The summed E-state index contributed by atoms with van der Waals surface area (Å²) in [4.78, 5) is 6.88. The predicted octanol–water partition coefficient (Wildman–Crippen LogP) is 3.02. The average molecular weight is 515 g/mol. The Morgan fingerprint density at radius 1 is 1.21 bits per heavy atom. The fourth-order valence-corrected chi connectivity index (χ4v) is 4.71. The number of halogens is 1. The van der Waals surface area contributed by atoms with E-state index in [2.05, 4.69) is 52.8 Å². The summed E-state index contributed by atoms with van der Waals surface area (Å²) >= 11 is 1.82. The topological polar surface area (TPSA) is 70.4 Å². The number of guanidine groups is 1. The molecule has 7 nitrogen and oxygen atoms in total. The molecule has 0 spiro atoms. The Bertz CT molecular complexity index is 750. The monoisotopic (exact) mass is 515 g/mol. The highest BCUT2D eigenvalue weighted by molar-refractivity contribution is 14.0. The first-order valence-corrected chi connectivity index (χ1v) is 10.9. The summed E-state index contributed by atoms with van der Waals surface area (Å²) in [6.45, 7) is 3.88. The van der Waals surface area contributed by atoms with Crippen molar-refractivity contribution in [3.8, 4) is 0 Å². The van der Waals surface area contributed by atoms with E-state index in [9.17, 15) is 0 Å². The number of aliphatic imine (C=N–C) groups is 1. The molecule has 2 aliphatic heterocycles. The molecule has 2 aliphatic rings. The SMILES string of the molecule is CN=C(NCc1nnc2n1CCCCC2)NC1CCN(c2cccs2)CC1.I. The Labute approximate surface area is 188 Å². The molecular weight excluding hydrogens is 485 g/mol. The maximum atomic E-state index is 4.41. The van der Waals surface area contributed by atoms with Crippen molar-refractivity contribution in [2.45, 2.75) is 57.7 Å². The van der Waals surface area contributed by atoms with Crippen LogP contribution < -0.4 is 15.5 Å². The lowest BCUT2D eigenvalue weighted by Gasteiger charge is -2.33. The van der Waals surface area contributed by atoms with Crippen LogP contribution in [0.3, 0.4) is 0 Å². The maximum Gasteiger partial charge on any atom is 0.191 e. The fraction of sp³-hybridized carbons (Fsp3) is 0.632. The summed E-state index contributed by atoms with van der Waals surface area (Å²) < 4.78 is 2.28. The van der Waals surface area contributed by atoms with Gasteiger partial charge in [0.2, 0.25) is 0 Å². The molecule has 0 radical (unpaired) electrons. The van der Waals surface area contributed by atoms with Crippen LogP contribution in [0.1, 0.15) is 43.8 Å². The third-order valence-corrected chi connectivity index (χ3v) is 6.41. The summed E-state index contributed by atoms with van der Waals surface area (Å²) in [7, 11) is 1.83. The van der Waals surface area contributed by atoms with Crippen LogP contribution in [0.2, 0.25) is 0 Å². The van der Waals surface area contributed by atoms with Crippen LogP contribution in [0.25, 0.3) is 0 Å². The standard InChI is InChI=1S/C19H29N7S.HI/c1-20-19(21-14-17-24-23-16-6-3-2-4-10-26(16)17)22-15-8-11-25(12-9-15)18-7-5-13-27-18;/h5,7,13,15H,2-4,6,8-12,14H2,1H3,(H2,20,21,22);1H. The second kappa shape index (κ2) is 10.4. The quantitative estimate of drug-likeness (QED) is 0.372. The molecule has 0 saturated carbocycles. The number of nitrogens with one attached hydrogen (secondary N) is 2. The molecular formula is C19H30IN7S. The lowest BCUT2D eigenvalue weighted by atomic mass is 10.1. The zero-order chi connectivity index (χ0) is 18.5. The number of fused-ring (bicyclic) bond motifs is 1. The van der Waals surface area contributed by atoms with E-state index < -0.39 is 0 Å². The molecule has 0 aliphatic carbocycles. The third kappa shape index (κ3) is 5.16. The molecule has 1 fully saturated rings. The van der Waals surface area contributed by atoms with Crippen molar-refractivity contribution in [3.05, 3.63) is 29.2 Å². The summed E-state index contributed by atoms with van der Waals surface area (Å²) in [6.07, 6.45) is 7.01. The van der Waals surface area contributed by atoms with E-state index in [1.807, 2.05) is 18.4 Å². The van der Waals surface area contributed by atoms with Gasteiger partial charge < -0.3 is 20.1 Å². The smallest absolute Gasteiger partial charge is 0.191 e. The van der Waals surface area contributed by atoms with Gasteiger partial charge in [-0.3, -0.25) is 4.99 Å². The van der Waals surface area contributed by atoms with Gasteiger partial charge in [0.25, 0.3) is 0 Å². The number of rotatable bonds is 4. The van der Waals surface area contributed by atoms with Gasteiger partial charge in [-0.25, -0.2) is 0 Å². The average Bonchev–Trinajstić information content (AvgIpc) is 3.31. The third-order valence-electron chi connectivity index (χ3n) is 5.48. The Balaban J connectivity index is 0.00000225. The van der Waals surface area contributed by atoms with Gasteiger partial charge in [-0.1, -0.05) is 6.42 Å². The zero-order valence-electron chi connectivity index (χ0n) is 16.4. The van der Waals surface area contributed by atoms with E-state index in [1.54, 1.807) is 0 Å². The number of aromatic nitrogens is 3. The van der Waals surface area contributed by atoms with Crippen molar-refractivity contribution >= 4 is 46.3 Å². The number of aryl methyl sites for hydroxylation is 1. The van der Waals surface area contributed by atoms with Crippen molar-refractivity contribution in [3.63, 3.8) is 0 Å². The minimum absolute atomic E-state index is 0. The number of nitrogens with zero attached hydrogens (tertiary/aromatic N) is 5. The largest absolute Gasteiger partial charge is 0.363 e. The molecule has 0 unspecified atom stereocenters. The second-order valence-corrected chi connectivity index (χ2v) is 8.20. The van der Waals surface area contributed by atoms with Gasteiger partial charge >= 0.3 is 0 Å². The second-order valence-electron chi connectivity index (χ2n) is 7.28. The van der Waals surface area contributed by atoms with Gasteiger partial charge in [0.15, 0.2) is 11.8 Å². The number of hydrogen-bond acceptors (Lipinski definition) is 5. The van der Waals surface area contributed by atoms with Gasteiger partial charge in [0, 0.05) is 39.1 Å². The van der Waals surface area contributed by atoms with E-state index in [1.165, 1.54) is 24.3 Å². The van der Waals surface area contributed by atoms with Crippen molar-refractivity contribution in [2.75, 3.05) is 25.0 Å². The van der Waals surface area contributed by atoms with E-state index in [4.69, 9.17) is 0 Å². The Morgan fingerprint density at radius 3 is 2.82 bits per heavy atom. The molecule has 4 rings (SSSR count). The highest BCUT2D eigenvalue weighted by Gasteiger charge is 2.21. The number of thiophene rings is 1. The number of piperidine rings is 1. The van der Waals surface area contributed by atoms with E-state index in [0.717, 1.165) is 56.5 Å².